The summed E-state index contributed by atoms with van der Waals surface area (Å²) in [6.07, 6.45) is -5.04. The number of carbonyl (C=O) groups excluding carboxylic acids is 2. The SMILES string of the molecule is NS(=O)(=O)c1ccc(NC2CC(=O)N(c3ccc(Cl)c(C(F)(F)F)c3)C2=O)cc1. The molecule has 3 N–H and O–H groups in total. The van der Waals surface area contributed by atoms with Crippen molar-refractivity contribution >= 4 is 44.8 Å². The van der Waals surface area contributed by atoms with Crippen molar-refractivity contribution in [2.24, 2.45) is 5.14 Å². The molecule has 1 saturated heterocycles. The highest BCUT2D eigenvalue weighted by atomic mass is 35.5. The van der Waals surface area contributed by atoms with Gasteiger partial charge in [-0.3, -0.25) is 9.59 Å². The maximum Gasteiger partial charge on any atom is 0.417 e. The van der Waals surface area contributed by atoms with E-state index in [-0.39, 0.29) is 17.0 Å². The molecule has 1 fully saturated rings. The van der Waals surface area contributed by atoms with Gasteiger partial charge in [0.2, 0.25) is 15.9 Å². The fourth-order valence-corrected chi connectivity index (χ4v) is 3.57. The molecule has 2 aromatic rings. The fourth-order valence-electron chi connectivity index (χ4n) is 2.83. The van der Waals surface area contributed by atoms with Crippen LogP contribution in [0.4, 0.5) is 24.5 Å². The molecule has 0 aliphatic carbocycles. The van der Waals surface area contributed by atoms with Crippen LogP contribution in [0.3, 0.4) is 0 Å². The summed E-state index contributed by atoms with van der Waals surface area (Å²) in [6, 6.07) is 6.85. The van der Waals surface area contributed by atoms with Gasteiger partial charge in [0.15, 0.2) is 0 Å². The molecule has 12 heteroatoms. The van der Waals surface area contributed by atoms with Gasteiger partial charge in [-0.25, -0.2) is 18.5 Å². The van der Waals surface area contributed by atoms with Gasteiger partial charge < -0.3 is 5.32 Å². The number of nitrogens with one attached hydrogen (secondary N) is 1. The predicted octanol–water partition coefficient (Wildman–Crippen LogP) is 2.75. The maximum absolute atomic E-state index is 13.1. The summed E-state index contributed by atoms with van der Waals surface area (Å²) in [6.45, 7) is 0. The molecule has 0 spiro atoms. The summed E-state index contributed by atoms with van der Waals surface area (Å²) in [4.78, 5) is 25.4. The van der Waals surface area contributed by atoms with Crippen LogP contribution in [0.2, 0.25) is 5.02 Å². The molecule has 7 nitrogen and oxygen atoms in total. The Hall–Kier alpha value is -2.63. The molecule has 3 rings (SSSR count). The molecule has 1 aliphatic rings. The fraction of sp³-hybridized carbons (Fsp3) is 0.176. The Morgan fingerprint density at radius 3 is 2.28 bits per heavy atom. The lowest BCUT2D eigenvalue weighted by atomic mass is 10.1. The number of alkyl halides is 3. The summed E-state index contributed by atoms with van der Waals surface area (Å²) >= 11 is 5.57. The molecule has 2 aromatic carbocycles. The minimum absolute atomic E-state index is 0.139. The minimum Gasteiger partial charge on any atom is -0.373 e. The summed E-state index contributed by atoms with van der Waals surface area (Å²) in [7, 11) is -3.89. The van der Waals surface area contributed by atoms with Crippen molar-refractivity contribution in [1.82, 2.24) is 0 Å². The molecular weight excluding hydrogens is 435 g/mol. The van der Waals surface area contributed by atoms with E-state index >= 15 is 0 Å². The minimum atomic E-state index is -4.75. The van der Waals surface area contributed by atoms with Gasteiger partial charge in [0.1, 0.15) is 6.04 Å². The van der Waals surface area contributed by atoms with Crippen molar-refractivity contribution in [3.63, 3.8) is 0 Å². The van der Waals surface area contributed by atoms with Crippen LogP contribution in [0.15, 0.2) is 47.4 Å². The molecule has 2 amide bonds. The average molecular weight is 448 g/mol. The van der Waals surface area contributed by atoms with Gasteiger partial charge >= 0.3 is 6.18 Å². The van der Waals surface area contributed by atoms with Crippen molar-refractivity contribution in [1.29, 1.82) is 0 Å². The summed E-state index contributed by atoms with van der Waals surface area (Å²) in [5, 5.41) is 7.21. The highest BCUT2D eigenvalue weighted by Crippen LogP contribution is 2.38. The van der Waals surface area contributed by atoms with Crippen LogP contribution in [0.5, 0.6) is 0 Å². The Bertz CT molecular complexity index is 1090. The number of primary sulfonamides is 1. The lowest BCUT2D eigenvalue weighted by Gasteiger charge is -2.18. The van der Waals surface area contributed by atoms with Crippen LogP contribution >= 0.6 is 11.6 Å². The number of carbonyl (C=O) groups is 2. The average Bonchev–Trinajstić information content (AvgIpc) is 2.88. The lowest BCUT2D eigenvalue weighted by molar-refractivity contribution is -0.137. The number of hydrogen-bond donors (Lipinski definition) is 2. The molecule has 0 aromatic heterocycles. The number of nitrogens with zero attached hydrogens (tertiary/aromatic N) is 1. The lowest BCUT2D eigenvalue weighted by Crippen LogP contribution is -2.35. The van der Waals surface area contributed by atoms with Crippen molar-refractivity contribution in [2.75, 3.05) is 10.2 Å². The normalized spacial score (nSPS) is 17.7. The Morgan fingerprint density at radius 1 is 1.10 bits per heavy atom. The Kier molecular flexibility index (Phi) is 5.32. The Morgan fingerprint density at radius 2 is 1.72 bits per heavy atom. The van der Waals surface area contributed by atoms with Crippen LogP contribution in [0.25, 0.3) is 0 Å². The van der Waals surface area contributed by atoms with Gasteiger partial charge in [0.25, 0.3) is 5.91 Å². The molecule has 0 bridgehead atoms. The summed E-state index contributed by atoms with van der Waals surface area (Å²) in [5.41, 5.74) is -1.07. The number of amides is 2. The zero-order chi connectivity index (χ0) is 21.6. The number of rotatable bonds is 4. The van der Waals surface area contributed by atoms with E-state index in [1.165, 1.54) is 24.3 Å². The Balaban J connectivity index is 1.83. The van der Waals surface area contributed by atoms with E-state index in [2.05, 4.69) is 5.32 Å². The number of nitrogens with two attached hydrogens (primary N) is 1. The number of halogens is 4. The second-order valence-corrected chi connectivity index (χ2v) is 8.17. The van der Waals surface area contributed by atoms with E-state index in [9.17, 15) is 31.2 Å². The quantitative estimate of drug-likeness (QED) is 0.700. The first-order chi connectivity index (χ1) is 13.4. The van der Waals surface area contributed by atoms with E-state index in [0.717, 1.165) is 12.1 Å². The first kappa shape index (κ1) is 21.1. The third-order valence-electron chi connectivity index (χ3n) is 4.18. The smallest absolute Gasteiger partial charge is 0.373 e. The molecule has 154 valence electrons. The zero-order valence-corrected chi connectivity index (χ0v) is 16.0. The summed E-state index contributed by atoms with van der Waals surface area (Å²) < 4.78 is 61.7. The molecule has 1 heterocycles. The van der Waals surface area contributed by atoms with E-state index in [4.69, 9.17) is 16.7 Å². The molecule has 1 aliphatic heterocycles. The van der Waals surface area contributed by atoms with Gasteiger partial charge in [0.05, 0.1) is 27.6 Å². The number of benzene rings is 2. The molecule has 0 saturated carbocycles. The van der Waals surface area contributed by atoms with Crippen molar-refractivity contribution in [3.8, 4) is 0 Å². The summed E-state index contributed by atoms with van der Waals surface area (Å²) in [5.74, 6) is -1.44. The molecular formula is C17H13ClF3N3O4S. The zero-order valence-electron chi connectivity index (χ0n) is 14.4. The van der Waals surface area contributed by atoms with Crippen molar-refractivity contribution < 1.29 is 31.2 Å². The van der Waals surface area contributed by atoms with Gasteiger partial charge in [-0.1, -0.05) is 11.6 Å². The highest BCUT2D eigenvalue weighted by molar-refractivity contribution is 7.89. The highest BCUT2D eigenvalue weighted by Gasteiger charge is 2.41. The van der Waals surface area contributed by atoms with Crippen LogP contribution in [-0.4, -0.2) is 26.3 Å². The molecule has 0 radical (unpaired) electrons. The molecule has 29 heavy (non-hydrogen) atoms. The number of sulfonamides is 1. The van der Waals surface area contributed by atoms with Crippen LogP contribution in [-0.2, 0) is 25.8 Å². The van der Waals surface area contributed by atoms with E-state index in [1.807, 2.05) is 0 Å². The third kappa shape index (κ3) is 4.36. The number of hydrogen-bond acceptors (Lipinski definition) is 5. The van der Waals surface area contributed by atoms with Crippen LogP contribution in [0, 0.1) is 0 Å². The standard InChI is InChI=1S/C17H13ClF3N3O4S/c18-13-6-3-10(7-12(13)17(19,20)21)24-15(25)8-14(16(24)26)23-9-1-4-11(5-2-9)29(22,27)28/h1-7,14,23H,8H2,(H2,22,27,28). The Labute approximate surface area is 168 Å². The third-order valence-corrected chi connectivity index (χ3v) is 5.44. The predicted molar refractivity (Wildman–Crippen MR) is 98.8 cm³/mol. The largest absolute Gasteiger partial charge is 0.417 e. The first-order valence-electron chi connectivity index (χ1n) is 8.01. The second-order valence-electron chi connectivity index (χ2n) is 6.20. The van der Waals surface area contributed by atoms with Crippen LogP contribution < -0.4 is 15.4 Å². The van der Waals surface area contributed by atoms with E-state index < -0.39 is 44.6 Å². The topological polar surface area (TPSA) is 110 Å². The van der Waals surface area contributed by atoms with Crippen molar-refractivity contribution in [2.45, 2.75) is 23.5 Å². The van der Waals surface area contributed by atoms with E-state index in [0.29, 0.717) is 16.7 Å². The van der Waals surface area contributed by atoms with Crippen molar-refractivity contribution in [3.05, 3.63) is 53.1 Å². The second kappa shape index (κ2) is 7.32. The maximum atomic E-state index is 13.1. The molecule has 1 atom stereocenters. The molecule has 1 unspecified atom stereocenters. The van der Waals surface area contributed by atoms with E-state index in [1.54, 1.807) is 0 Å². The van der Waals surface area contributed by atoms with Gasteiger partial charge in [0, 0.05) is 5.69 Å². The van der Waals surface area contributed by atoms with Crippen LogP contribution in [0.1, 0.15) is 12.0 Å². The van der Waals surface area contributed by atoms with Gasteiger partial charge in [-0.05, 0) is 42.5 Å². The number of imide groups is 1. The monoisotopic (exact) mass is 447 g/mol. The van der Waals surface area contributed by atoms with Gasteiger partial charge in [-0.2, -0.15) is 13.2 Å². The number of anilines is 2. The first-order valence-corrected chi connectivity index (χ1v) is 9.93. The van der Waals surface area contributed by atoms with Gasteiger partial charge in [-0.15, -0.1) is 0 Å².